The van der Waals surface area contributed by atoms with Gasteiger partial charge in [-0.05, 0) is 77.6 Å². The third-order valence-electron chi connectivity index (χ3n) is 5.15. The smallest absolute Gasteiger partial charge is 0.261 e. The van der Waals surface area contributed by atoms with Gasteiger partial charge in [0.25, 0.3) is 10.0 Å². The Kier molecular flexibility index (Phi) is 4.89. The van der Waals surface area contributed by atoms with E-state index in [4.69, 9.17) is 0 Å². The van der Waals surface area contributed by atoms with Crippen LogP contribution in [0.4, 0.5) is 5.69 Å². The fourth-order valence-corrected chi connectivity index (χ4v) is 4.12. The Balaban J connectivity index is 1.51. The van der Waals surface area contributed by atoms with Crippen molar-refractivity contribution in [2.24, 2.45) is 0 Å². The van der Waals surface area contributed by atoms with Gasteiger partial charge >= 0.3 is 0 Å². The third-order valence-corrected chi connectivity index (χ3v) is 6.55. The van der Waals surface area contributed by atoms with Crippen LogP contribution in [0.1, 0.15) is 50.6 Å². The first-order valence-electron chi connectivity index (χ1n) is 9.49. The number of hydrogen-bond acceptors (Lipinski definition) is 5. The van der Waals surface area contributed by atoms with Crippen molar-refractivity contribution in [3.63, 3.8) is 0 Å². The summed E-state index contributed by atoms with van der Waals surface area (Å²) in [6.45, 7) is 4.24. The largest absolute Gasteiger partial charge is 0.280 e. The van der Waals surface area contributed by atoms with Crippen molar-refractivity contribution in [2.75, 3.05) is 4.72 Å². The summed E-state index contributed by atoms with van der Waals surface area (Å²) in [6, 6.07) is 14.6. The predicted octanol–water partition coefficient (Wildman–Crippen LogP) is 3.99. The zero-order chi connectivity index (χ0) is 19.7. The second-order valence-corrected chi connectivity index (χ2v) is 8.92. The number of tetrazole rings is 1. The lowest BCUT2D eigenvalue weighted by Crippen LogP contribution is -2.13. The maximum Gasteiger partial charge on any atom is 0.261 e. The molecule has 1 saturated carbocycles. The standard InChI is InChI=1S/C20H23N5O2S/c1-3-14(2)15-6-12-19(13-7-15)28(26,27)22-17-8-4-16(5-9-17)20-21-23-24-25(20)18-10-11-18/h4-9,12-14,18,22H,3,10-11H2,1-2H3/t14-/m0/s1. The molecule has 28 heavy (non-hydrogen) atoms. The minimum atomic E-state index is -3.64. The number of nitrogens with zero attached hydrogens (tertiary/aromatic N) is 4. The maximum atomic E-state index is 12.7. The molecule has 3 aromatic rings. The highest BCUT2D eigenvalue weighted by molar-refractivity contribution is 7.92. The van der Waals surface area contributed by atoms with Crippen LogP contribution in [0, 0.1) is 0 Å². The van der Waals surface area contributed by atoms with Crippen molar-refractivity contribution in [2.45, 2.75) is 50.0 Å². The average Bonchev–Trinajstić information content (AvgIpc) is 3.44. The van der Waals surface area contributed by atoms with Crippen molar-refractivity contribution in [3.8, 4) is 11.4 Å². The number of anilines is 1. The molecule has 8 heteroatoms. The minimum Gasteiger partial charge on any atom is -0.280 e. The molecule has 1 fully saturated rings. The van der Waals surface area contributed by atoms with Crippen LogP contribution in [0.3, 0.4) is 0 Å². The van der Waals surface area contributed by atoms with Crippen LogP contribution < -0.4 is 4.72 Å². The van der Waals surface area contributed by atoms with Gasteiger partial charge in [-0.15, -0.1) is 5.10 Å². The Morgan fingerprint density at radius 2 is 1.79 bits per heavy atom. The van der Waals surface area contributed by atoms with Crippen LogP contribution in [-0.4, -0.2) is 28.6 Å². The van der Waals surface area contributed by atoms with E-state index in [1.54, 1.807) is 24.3 Å². The lowest BCUT2D eigenvalue weighted by Gasteiger charge is -2.12. The van der Waals surface area contributed by atoms with E-state index in [0.717, 1.165) is 30.4 Å². The SMILES string of the molecule is CC[C@H](C)c1ccc(S(=O)(=O)Nc2ccc(-c3nnnn3C3CC3)cc2)cc1. The molecule has 0 spiro atoms. The minimum absolute atomic E-state index is 0.251. The molecule has 1 N–H and O–H groups in total. The van der Waals surface area contributed by atoms with E-state index in [2.05, 4.69) is 34.1 Å². The van der Waals surface area contributed by atoms with Crippen molar-refractivity contribution in [1.82, 2.24) is 20.2 Å². The number of aromatic nitrogens is 4. The lowest BCUT2D eigenvalue weighted by molar-refractivity contribution is 0.601. The second kappa shape index (κ2) is 7.35. The summed E-state index contributed by atoms with van der Waals surface area (Å²) in [5.41, 5.74) is 2.50. The molecule has 0 bridgehead atoms. The molecule has 146 valence electrons. The molecule has 0 saturated heterocycles. The number of nitrogens with one attached hydrogen (secondary N) is 1. The Labute approximate surface area is 164 Å². The van der Waals surface area contributed by atoms with Gasteiger partial charge < -0.3 is 0 Å². The molecule has 0 radical (unpaired) electrons. The predicted molar refractivity (Wildman–Crippen MR) is 107 cm³/mol. The van der Waals surface area contributed by atoms with Crippen LogP contribution in [0.5, 0.6) is 0 Å². The number of rotatable bonds is 7. The highest BCUT2D eigenvalue weighted by Crippen LogP contribution is 2.36. The van der Waals surface area contributed by atoms with Crippen LogP contribution in [-0.2, 0) is 10.0 Å². The summed E-state index contributed by atoms with van der Waals surface area (Å²) in [6.07, 6.45) is 3.19. The molecule has 1 aliphatic carbocycles. The molecule has 1 aliphatic rings. The summed E-state index contributed by atoms with van der Waals surface area (Å²) in [7, 11) is -3.64. The number of benzene rings is 2. The zero-order valence-corrected chi connectivity index (χ0v) is 16.7. The van der Waals surface area contributed by atoms with Crippen molar-refractivity contribution in [1.29, 1.82) is 0 Å². The first kappa shape index (κ1) is 18.6. The Morgan fingerprint density at radius 3 is 2.39 bits per heavy atom. The summed E-state index contributed by atoms with van der Waals surface area (Å²) < 4.78 is 29.8. The summed E-state index contributed by atoms with van der Waals surface area (Å²) >= 11 is 0. The summed E-state index contributed by atoms with van der Waals surface area (Å²) in [4.78, 5) is 0.251. The fourth-order valence-electron chi connectivity index (χ4n) is 3.06. The topological polar surface area (TPSA) is 89.8 Å². The molecule has 4 rings (SSSR count). The molecule has 2 aromatic carbocycles. The molecule has 1 aromatic heterocycles. The van der Waals surface area contributed by atoms with Crippen LogP contribution in [0.2, 0.25) is 0 Å². The van der Waals surface area contributed by atoms with E-state index in [9.17, 15) is 8.42 Å². The van der Waals surface area contributed by atoms with E-state index in [1.807, 2.05) is 28.9 Å². The second-order valence-electron chi connectivity index (χ2n) is 7.24. The lowest BCUT2D eigenvalue weighted by atomic mass is 9.99. The average molecular weight is 398 g/mol. The summed E-state index contributed by atoms with van der Waals surface area (Å²) in [5.74, 6) is 1.11. The molecule has 1 atom stereocenters. The normalized spacial score (nSPS) is 15.4. The molecule has 7 nitrogen and oxygen atoms in total. The Bertz CT molecular complexity index is 1050. The van der Waals surface area contributed by atoms with Gasteiger partial charge in [0.2, 0.25) is 0 Å². The van der Waals surface area contributed by atoms with E-state index in [0.29, 0.717) is 23.5 Å². The third kappa shape index (κ3) is 3.77. The van der Waals surface area contributed by atoms with E-state index in [-0.39, 0.29) is 4.90 Å². The van der Waals surface area contributed by atoms with Gasteiger partial charge in [-0.2, -0.15) is 0 Å². The van der Waals surface area contributed by atoms with Crippen LogP contribution in [0.15, 0.2) is 53.4 Å². The van der Waals surface area contributed by atoms with E-state index < -0.39 is 10.0 Å². The molecule has 0 aliphatic heterocycles. The quantitative estimate of drug-likeness (QED) is 0.651. The van der Waals surface area contributed by atoms with Crippen LogP contribution >= 0.6 is 0 Å². The Hall–Kier alpha value is -2.74. The molecule has 0 unspecified atom stereocenters. The van der Waals surface area contributed by atoms with E-state index >= 15 is 0 Å². The van der Waals surface area contributed by atoms with Gasteiger partial charge in [0.1, 0.15) is 0 Å². The van der Waals surface area contributed by atoms with Crippen molar-refractivity contribution < 1.29 is 8.42 Å². The molecule has 0 amide bonds. The molecular weight excluding hydrogens is 374 g/mol. The van der Waals surface area contributed by atoms with Crippen LogP contribution in [0.25, 0.3) is 11.4 Å². The first-order valence-corrected chi connectivity index (χ1v) is 11.0. The first-order chi connectivity index (χ1) is 13.5. The highest BCUT2D eigenvalue weighted by Gasteiger charge is 2.28. The van der Waals surface area contributed by atoms with Gasteiger partial charge in [0, 0.05) is 11.3 Å². The number of sulfonamides is 1. The van der Waals surface area contributed by atoms with Gasteiger partial charge in [0.05, 0.1) is 10.9 Å². The van der Waals surface area contributed by atoms with Gasteiger partial charge in [-0.25, -0.2) is 13.1 Å². The van der Waals surface area contributed by atoms with Crippen molar-refractivity contribution >= 4 is 15.7 Å². The fraction of sp³-hybridized carbons (Fsp3) is 0.350. The number of hydrogen-bond donors (Lipinski definition) is 1. The van der Waals surface area contributed by atoms with Gasteiger partial charge in [-0.1, -0.05) is 26.0 Å². The van der Waals surface area contributed by atoms with E-state index in [1.165, 1.54) is 0 Å². The molecular formula is C20H23N5O2S. The van der Waals surface area contributed by atoms with Gasteiger partial charge in [-0.3, -0.25) is 4.72 Å². The molecule has 1 heterocycles. The summed E-state index contributed by atoms with van der Waals surface area (Å²) in [5, 5.41) is 11.9. The zero-order valence-electron chi connectivity index (χ0n) is 15.9. The monoisotopic (exact) mass is 397 g/mol. The highest BCUT2D eigenvalue weighted by atomic mass is 32.2. The van der Waals surface area contributed by atoms with Crippen molar-refractivity contribution in [3.05, 3.63) is 54.1 Å². The van der Waals surface area contributed by atoms with Gasteiger partial charge in [0.15, 0.2) is 5.82 Å². The Morgan fingerprint density at radius 1 is 1.11 bits per heavy atom. The maximum absolute atomic E-state index is 12.7.